The number of amides is 1. The molecule has 1 fully saturated rings. The standard InChI is InChI=1S/C20H23N3O5S/c1-14-12-17(22-11-5-8-20(22)24)9-10-19(14)29(27,28)21(3)15(2)16-6-4-7-18(13-16)23(25)26/h4,6-7,9-10,12-13,15H,5,8,11H2,1-3H3. The molecule has 1 saturated heterocycles. The van der Waals surface area contributed by atoms with Crippen molar-refractivity contribution in [1.29, 1.82) is 0 Å². The molecule has 0 spiro atoms. The third-order valence-corrected chi connectivity index (χ3v) is 7.40. The van der Waals surface area contributed by atoms with Crippen LogP contribution in [0.4, 0.5) is 11.4 Å². The number of sulfonamides is 1. The predicted molar refractivity (Wildman–Crippen MR) is 109 cm³/mol. The van der Waals surface area contributed by atoms with E-state index in [1.807, 2.05) is 0 Å². The first-order valence-corrected chi connectivity index (χ1v) is 10.7. The number of carbonyl (C=O) groups excluding carboxylic acids is 1. The van der Waals surface area contributed by atoms with Crippen LogP contribution in [-0.4, -0.2) is 37.1 Å². The Hall–Kier alpha value is -2.78. The SMILES string of the molecule is Cc1cc(N2CCCC2=O)ccc1S(=O)(=O)N(C)C(C)c1cccc([N+](=O)[O-])c1. The van der Waals surface area contributed by atoms with E-state index in [0.717, 1.165) is 6.42 Å². The Kier molecular flexibility index (Phi) is 5.72. The molecule has 9 heteroatoms. The number of carbonyl (C=O) groups is 1. The van der Waals surface area contributed by atoms with Crippen LogP contribution in [0.2, 0.25) is 0 Å². The summed E-state index contributed by atoms with van der Waals surface area (Å²) in [7, 11) is -2.39. The number of benzene rings is 2. The Morgan fingerprint density at radius 1 is 1.21 bits per heavy atom. The summed E-state index contributed by atoms with van der Waals surface area (Å²) in [6, 6.07) is 10.2. The highest BCUT2D eigenvalue weighted by molar-refractivity contribution is 7.89. The van der Waals surface area contributed by atoms with Crippen LogP contribution in [0.1, 0.15) is 36.9 Å². The van der Waals surface area contributed by atoms with Gasteiger partial charge in [-0.1, -0.05) is 12.1 Å². The molecule has 0 radical (unpaired) electrons. The normalized spacial score (nSPS) is 15.7. The van der Waals surface area contributed by atoms with Crippen molar-refractivity contribution in [2.75, 3.05) is 18.5 Å². The highest BCUT2D eigenvalue weighted by Crippen LogP contribution is 2.31. The van der Waals surface area contributed by atoms with Gasteiger partial charge in [0.1, 0.15) is 0 Å². The van der Waals surface area contributed by atoms with Crippen molar-refractivity contribution in [3.8, 4) is 0 Å². The summed E-state index contributed by atoms with van der Waals surface area (Å²) in [5.41, 5.74) is 1.68. The first kappa shape index (κ1) is 20.9. The summed E-state index contributed by atoms with van der Waals surface area (Å²) in [4.78, 5) is 24.3. The lowest BCUT2D eigenvalue weighted by atomic mass is 10.1. The van der Waals surface area contributed by atoms with E-state index in [9.17, 15) is 23.3 Å². The molecule has 0 N–H and O–H groups in total. The molecular weight excluding hydrogens is 394 g/mol. The summed E-state index contributed by atoms with van der Waals surface area (Å²) in [5.74, 6) is 0.0384. The lowest BCUT2D eigenvalue weighted by Gasteiger charge is -2.26. The third kappa shape index (κ3) is 4.01. The summed E-state index contributed by atoms with van der Waals surface area (Å²) in [6.07, 6.45) is 1.30. The van der Waals surface area contributed by atoms with E-state index >= 15 is 0 Å². The van der Waals surface area contributed by atoms with Crippen molar-refractivity contribution >= 4 is 27.3 Å². The van der Waals surface area contributed by atoms with E-state index in [2.05, 4.69) is 0 Å². The Bertz CT molecular complexity index is 1070. The zero-order chi connectivity index (χ0) is 21.3. The number of non-ortho nitro benzene ring substituents is 1. The van der Waals surface area contributed by atoms with Crippen LogP contribution >= 0.6 is 0 Å². The average Bonchev–Trinajstić information content (AvgIpc) is 3.12. The van der Waals surface area contributed by atoms with Crippen molar-refractivity contribution < 1.29 is 18.1 Å². The first-order chi connectivity index (χ1) is 13.6. The number of anilines is 1. The molecule has 1 atom stereocenters. The molecule has 1 aliphatic heterocycles. The molecule has 0 aliphatic carbocycles. The van der Waals surface area contributed by atoms with E-state index in [-0.39, 0.29) is 16.5 Å². The Balaban J connectivity index is 1.90. The molecule has 154 valence electrons. The molecule has 8 nitrogen and oxygen atoms in total. The lowest BCUT2D eigenvalue weighted by Crippen LogP contribution is -2.30. The maximum atomic E-state index is 13.2. The average molecular weight is 417 g/mol. The van der Waals surface area contributed by atoms with Crippen LogP contribution in [0.3, 0.4) is 0 Å². The van der Waals surface area contributed by atoms with Crippen molar-refractivity contribution in [2.45, 2.75) is 37.6 Å². The smallest absolute Gasteiger partial charge is 0.269 e. The molecule has 1 amide bonds. The van der Waals surface area contributed by atoms with Gasteiger partial charge in [0.25, 0.3) is 5.69 Å². The maximum Gasteiger partial charge on any atom is 0.269 e. The second-order valence-electron chi connectivity index (χ2n) is 7.15. The van der Waals surface area contributed by atoms with E-state index in [1.54, 1.807) is 36.9 Å². The topological polar surface area (TPSA) is 101 Å². The predicted octanol–water partition coefficient (Wildman–Crippen LogP) is 3.41. The minimum absolute atomic E-state index is 0.0384. The van der Waals surface area contributed by atoms with Crippen molar-refractivity contribution in [1.82, 2.24) is 4.31 Å². The molecule has 1 heterocycles. The summed E-state index contributed by atoms with van der Waals surface area (Å²) < 4.78 is 27.6. The van der Waals surface area contributed by atoms with Gasteiger partial charge in [0.05, 0.1) is 9.82 Å². The quantitative estimate of drug-likeness (QED) is 0.529. The number of nitrogens with zero attached hydrogens (tertiary/aromatic N) is 3. The van der Waals surface area contributed by atoms with Gasteiger partial charge in [-0.2, -0.15) is 4.31 Å². The number of hydrogen-bond acceptors (Lipinski definition) is 5. The van der Waals surface area contributed by atoms with Crippen molar-refractivity contribution in [2.24, 2.45) is 0 Å². The minimum atomic E-state index is -3.84. The van der Waals surface area contributed by atoms with Crippen LogP contribution in [0.25, 0.3) is 0 Å². The van der Waals surface area contributed by atoms with E-state index in [0.29, 0.717) is 29.8 Å². The summed E-state index contributed by atoms with van der Waals surface area (Å²) in [6.45, 7) is 4.01. The fourth-order valence-electron chi connectivity index (χ4n) is 3.48. The zero-order valence-electron chi connectivity index (χ0n) is 16.5. The maximum absolute atomic E-state index is 13.2. The molecule has 1 aliphatic rings. The Labute approximate surface area is 169 Å². The number of nitro groups is 1. The summed E-state index contributed by atoms with van der Waals surface area (Å²) >= 11 is 0. The monoisotopic (exact) mass is 417 g/mol. The largest absolute Gasteiger partial charge is 0.312 e. The van der Waals surface area contributed by atoms with Gasteiger partial charge in [-0.3, -0.25) is 14.9 Å². The van der Waals surface area contributed by atoms with E-state index in [4.69, 9.17) is 0 Å². The first-order valence-electron chi connectivity index (χ1n) is 9.26. The van der Waals surface area contributed by atoms with E-state index in [1.165, 1.54) is 35.6 Å². The second kappa shape index (κ2) is 7.92. The van der Waals surface area contributed by atoms with Crippen LogP contribution in [0.15, 0.2) is 47.4 Å². The molecule has 0 saturated carbocycles. The molecule has 3 rings (SSSR count). The van der Waals surface area contributed by atoms with Crippen LogP contribution < -0.4 is 4.90 Å². The number of aryl methyl sites for hydroxylation is 1. The highest BCUT2D eigenvalue weighted by atomic mass is 32.2. The molecule has 0 aromatic heterocycles. The number of rotatable bonds is 6. The second-order valence-corrected chi connectivity index (χ2v) is 9.11. The van der Waals surface area contributed by atoms with Crippen LogP contribution in [0.5, 0.6) is 0 Å². The van der Waals surface area contributed by atoms with Gasteiger partial charge in [-0.15, -0.1) is 0 Å². The van der Waals surface area contributed by atoms with Gasteiger partial charge < -0.3 is 4.90 Å². The van der Waals surface area contributed by atoms with E-state index < -0.39 is 21.0 Å². The fraction of sp³-hybridized carbons (Fsp3) is 0.350. The summed E-state index contributed by atoms with van der Waals surface area (Å²) in [5, 5.41) is 11.0. The molecule has 2 aromatic carbocycles. The van der Waals surface area contributed by atoms with Crippen LogP contribution in [-0.2, 0) is 14.8 Å². The molecule has 1 unspecified atom stereocenters. The number of hydrogen-bond donors (Lipinski definition) is 0. The van der Waals surface area contributed by atoms with Crippen LogP contribution in [0, 0.1) is 17.0 Å². The Morgan fingerprint density at radius 2 is 1.93 bits per heavy atom. The van der Waals surface area contributed by atoms with Crippen molar-refractivity contribution in [3.63, 3.8) is 0 Å². The van der Waals surface area contributed by atoms with Crippen molar-refractivity contribution in [3.05, 3.63) is 63.7 Å². The van der Waals surface area contributed by atoms with Gasteiger partial charge in [-0.25, -0.2) is 8.42 Å². The Morgan fingerprint density at radius 3 is 2.52 bits per heavy atom. The molecule has 29 heavy (non-hydrogen) atoms. The molecule has 2 aromatic rings. The van der Waals surface area contributed by atoms with Gasteiger partial charge in [0, 0.05) is 43.9 Å². The van der Waals surface area contributed by atoms with Gasteiger partial charge >= 0.3 is 0 Å². The molecular formula is C20H23N3O5S. The minimum Gasteiger partial charge on any atom is -0.312 e. The van der Waals surface area contributed by atoms with Gasteiger partial charge in [-0.05, 0) is 49.6 Å². The van der Waals surface area contributed by atoms with Gasteiger partial charge in [0.15, 0.2) is 0 Å². The van der Waals surface area contributed by atoms with Gasteiger partial charge in [0.2, 0.25) is 15.9 Å². The number of nitro benzene ring substituents is 1. The fourth-order valence-corrected chi connectivity index (χ4v) is 5.04. The highest BCUT2D eigenvalue weighted by Gasteiger charge is 2.29. The molecule has 0 bridgehead atoms. The lowest BCUT2D eigenvalue weighted by molar-refractivity contribution is -0.384. The zero-order valence-corrected chi connectivity index (χ0v) is 17.3. The third-order valence-electron chi connectivity index (χ3n) is 5.31.